The first-order valence-corrected chi connectivity index (χ1v) is 8.96. The van der Waals surface area contributed by atoms with Crippen molar-refractivity contribution in [2.24, 2.45) is 0 Å². The second-order valence-corrected chi connectivity index (χ2v) is 6.65. The van der Waals surface area contributed by atoms with Crippen LogP contribution >= 0.6 is 0 Å². The van der Waals surface area contributed by atoms with Crippen molar-refractivity contribution in [1.82, 2.24) is 9.78 Å². The van der Waals surface area contributed by atoms with Crippen molar-refractivity contribution in [2.45, 2.75) is 46.5 Å². The molecular formula is C22H25FN2. The van der Waals surface area contributed by atoms with Crippen LogP contribution in [0, 0.1) is 19.7 Å². The molecule has 0 unspecified atom stereocenters. The molecule has 0 aliphatic rings. The summed E-state index contributed by atoms with van der Waals surface area (Å²) in [6.07, 6.45) is 4.20. The fourth-order valence-electron chi connectivity index (χ4n) is 3.37. The quantitative estimate of drug-likeness (QED) is 0.542. The average Bonchev–Trinajstić information content (AvgIpc) is 3.05. The SMILES string of the molecule is CCC(CC)c1ccc(-c2ccc(F)c(C)c2)cc1-n1ccc(C)n1. The van der Waals surface area contributed by atoms with Crippen molar-refractivity contribution in [2.75, 3.05) is 0 Å². The van der Waals surface area contributed by atoms with Crippen LogP contribution in [0.4, 0.5) is 4.39 Å². The predicted octanol–water partition coefficient (Wildman–Crippen LogP) is 6.20. The highest BCUT2D eigenvalue weighted by atomic mass is 19.1. The number of aromatic nitrogens is 2. The van der Waals surface area contributed by atoms with Gasteiger partial charge in [-0.05, 0) is 79.1 Å². The highest BCUT2D eigenvalue weighted by molar-refractivity contribution is 5.68. The van der Waals surface area contributed by atoms with Gasteiger partial charge in [-0.25, -0.2) is 9.07 Å². The Labute approximate surface area is 149 Å². The van der Waals surface area contributed by atoms with E-state index in [0.29, 0.717) is 11.5 Å². The van der Waals surface area contributed by atoms with Crippen LogP contribution in [0.15, 0.2) is 48.7 Å². The van der Waals surface area contributed by atoms with Gasteiger partial charge in [0.05, 0.1) is 11.4 Å². The van der Waals surface area contributed by atoms with E-state index in [4.69, 9.17) is 0 Å². The third kappa shape index (κ3) is 3.51. The van der Waals surface area contributed by atoms with Crippen LogP contribution in [0.1, 0.15) is 49.4 Å². The van der Waals surface area contributed by atoms with E-state index in [2.05, 4.69) is 37.1 Å². The Morgan fingerprint density at radius 3 is 2.24 bits per heavy atom. The number of rotatable bonds is 5. The molecular weight excluding hydrogens is 311 g/mol. The van der Waals surface area contributed by atoms with Gasteiger partial charge in [-0.15, -0.1) is 0 Å². The first-order chi connectivity index (χ1) is 12.0. The molecule has 0 amide bonds. The molecule has 0 bridgehead atoms. The summed E-state index contributed by atoms with van der Waals surface area (Å²) < 4.78 is 15.6. The van der Waals surface area contributed by atoms with E-state index in [1.165, 1.54) is 11.6 Å². The fourth-order valence-corrected chi connectivity index (χ4v) is 3.37. The van der Waals surface area contributed by atoms with Gasteiger partial charge in [0.2, 0.25) is 0 Å². The summed E-state index contributed by atoms with van der Waals surface area (Å²) >= 11 is 0. The van der Waals surface area contributed by atoms with Gasteiger partial charge in [-0.1, -0.05) is 32.0 Å². The van der Waals surface area contributed by atoms with Crippen molar-refractivity contribution in [3.8, 4) is 16.8 Å². The molecule has 130 valence electrons. The Hall–Kier alpha value is -2.42. The van der Waals surface area contributed by atoms with Gasteiger partial charge >= 0.3 is 0 Å². The number of halogens is 1. The zero-order valence-corrected chi connectivity index (χ0v) is 15.4. The van der Waals surface area contributed by atoms with Crippen molar-refractivity contribution < 1.29 is 4.39 Å². The summed E-state index contributed by atoms with van der Waals surface area (Å²) in [6, 6.07) is 13.8. The molecule has 2 nitrogen and oxygen atoms in total. The van der Waals surface area contributed by atoms with Gasteiger partial charge < -0.3 is 0 Å². The lowest BCUT2D eigenvalue weighted by molar-refractivity contribution is 0.619. The minimum absolute atomic E-state index is 0.166. The molecule has 1 heterocycles. The van der Waals surface area contributed by atoms with Gasteiger partial charge in [0, 0.05) is 6.20 Å². The van der Waals surface area contributed by atoms with Gasteiger partial charge in [0.15, 0.2) is 0 Å². The molecule has 0 fully saturated rings. The van der Waals surface area contributed by atoms with Crippen LogP contribution in [0.3, 0.4) is 0 Å². The lowest BCUT2D eigenvalue weighted by Gasteiger charge is -2.19. The molecule has 0 aliphatic carbocycles. The third-order valence-corrected chi connectivity index (χ3v) is 4.92. The van der Waals surface area contributed by atoms with E-state index in [9.17, 15) is 4.39 Å². The molecule has 0 atom stereocenters. The van der Waals surface area contributed by atoms with E-state index in [1.54, 1.807) is 6.92 Å². The first kappa shape index (κ1) is 17.4. The van der Waals surface area contributed by atoms with Gasteiger partial charge in [0.25, 0.3) is 0 Å². The molecule has 3 aromatic rings. The van der Waals surface area contributed by atoms with Crippen LogP contribution in [-0.2, 0) is 0 Å². The molecule has 0 saturated carbocycles. The van der Waals surface area contributed by atoms with E-state index in [1.807, 2.05) is 36.0 Å². The van der Waals surface area contributed by atoms with Crippen LogP contribution in [0.5, 0.6) is 0 Å². The van der Waals surface area contributed by atoms with Crippen LogP contribution in [-0.4, -0.2) is 9.78 Å². The average molecular weight is 336 g/mol. The van der Waals surface area contributed by atoms with E-state index in [-0.39, 0.29) is 5.82 Å². The molecule has 3 rings (SSSR count). The zero-order chi connectivity index (χ0) is 18.0. The number of hydrogen-bond acceptors (Lipinski definition) is 1. The Morgan fingerprint density at radius 1 is 0.960 bits per heavy atom. The minimum Gasteiger partial charge on any atom is -0.240 e. The van der Waals surface area contributed by atoms with Crippen LogP contribution in [0.2, 0.25) is 0 Å². The second-order valence-electron chi connectivity index (χ2n) is 6.65. The molecule has 3 heteroatoms. The lowest BCUT2D eigenvalue weighted by atomic mass is 9.90. The molecule has 0 saturated heterocycles. The Morgan fingerprint density at radius 2 is 1.64 bits per heavy atom. The number of aryl methyl sites for hydroxylation is 2. The highest BCUT2D eigenvalue weighted by Crippen LogP contribution is 2.32. The Kier molecular flexibility index (Phi) is 5.03. The van der Waals surface area contributed by atoms with E-state index in [0.717, 1.165) is 35.3 Å². The summed E-state index contributed by atoms with van der Waals surface area (Å²) in [6.45, 7) is 8.25. The maximum Gasteiger partial charge on any atom is 0.126 e. The normalized spacial score (nSPS) is 11.3. The topological polar surface area (TPSA) is 17.8 Å². The molecule has 0 spiro atoms. The summed E-state index contributed by atoms with van der Waals surface area (Å²) in [4.78, 5) is 0. The fraction of sp³-hybridized carbons (Fsp3) is 0.318. The van der Waals surface area contributed by atoms with Crippen molar-refractivity contribution in [3.05, 3.63) is 71.3 Å². The first-order valence-electron chi connectivity index (χ1n) is 8.96. The Balaban J connectivity index is 2.15. The van der Waals surface area contributed by atoms with Crippen molar-refractivity contribution in [3.63, 3.8) is 0 Å². The van der Waals surface area contributed by atoms with Crippen molar-refractivity contribution >= 4 is 0 Å². The molecule has 0 aliphatic heterocycles. The molecule has 0 radical (unpaired) electrons. The van der Waals surface area contributed by atoms with Gasteiger partial charge in [-0.2, -0.15) is 5.10 Å². The largest absolute Gasteiger partial charge is 0.240 e. The van der Waals surface area contributed by atoms with Crippen LogP contribution in [0.25, 0.3) is 16.8 Å². The van der Waals surface area contributed by atoms with Gasteiger partial charge in [0.1, 0.15) is 5.82 Å². The van der Waals surface area contributed by atoms with E-state index >= 15 is 0 Å². The Bertz CT molecular complexity index is 875. The maximum absolute atomic E-state index is 13.6. The molecule has 1 aromatic heterocycles. The smallest absolute Gasteiger partial charge is 0.126 e. The lowest BCUT2D eigenvalue weighted by Crippen LogP contribution is -2.05. The third-order valence-electron chi connectivity index (χ3n) is 4.92. The standard InChI is InChI=1S/C22H25FN2/c1-5-17(6-2)20-9-7-19(18-8-10-21(23)15(3)13-18)14-22(20)25-12-11-16(4)24-25/h7-14,17H,5-6H2,1-4H3. The predicted molar refractivity (Wildman–Crippen MR) is 102 cm³/mol. The maximum atomic E-state index is 13.6. The highest BCUT2D eigenvalue weighted by Gasteiger charge is 2.15. The molecule has 0 N–H and O–H groups in total. The summed E-state index contributed by atoms with van der Waals surface area (Å²) in [7, 11) is 0. The number of hydrogen-bond donors (Lipinski definition) is 0. The van der Waals surface area contributed by atoms with Crippen LogP contribution < -0.4 is 0 Å². The summed E-state index contributed by atoms with van der Waals surface area (Å²) in [5, 5.41) is 4.62. The zero-order valence-electron chi connectivity index (χ0n) is 15.4. The molecule has 2 aromatic carbocycles. The number of nitrogens with zero attached hydrogens (tertiary/aromatic N) is 2. The summed E-state index contributed by atoms with van der Waals surface area (Å²) in [5.41, 5.74) is 6.20. The monoisotopic (exact) mass is 336 g/mol. The van der Waals surface area contributed by atoms with E-state index < -0.39 is 0 Å². The van der Waals surface area contributed by atoms with Gasteiger partial charge in [-0.3, -0.25) is 0 Å². The molecule has 25 heavy (non-hydrogen) atoms. The van der Waals surface area contributed by atoms with Crippen molar-refractivity contribution in [1.29, 1.82) is 0 Å². The summed E-state index contributed by atoms with van der Waals surface area (Å²) in [5.74, 6) is 0.337. The second kappa shape index (κ2) is 7.22. The number of benzene rings is 2. The minimum atomic E-state index is -0.166.